The van der Waals surface area contributed by atoms with Gasteiger partial charge in [0.05, 0.1) is 0 Å². The van der Waals surface area contributed by atoms with Crippen LogP contribution in [0.15, 0.2) is 24.3 Å². The number of halogens is 1. The molecule has 1 spiro atoms. The summed E-state index contributed by atoms with van der Waals surface area (Å²) in [4.78, 5) is 27.5. The highest BCUT2D eigenvalue weighted by atomic mass is 19.1. The molecule has 3 rings (SSSR count). The third-order valence-corrected chi connectivity index (χ3v) is 4.69. The predicted octanol–water partition coefficient (Wildman–Crippen LogP) is 1.96. The number of nitrogens with zero attached hydrogens (tertiary/aromatic N) is 2. The number of hydrogen-bond donors (Lipinski definition) is 0. The molecule has 0 N–H and O–H groups in total. The largest absolute Gasteiger partial charge is 0.509 e. The van der Waals surface area contributed by atoms with E-state index in [0.29, 0.717) is 31.5 Å². The molecule has 6 nitrogen and oxygen atoms in total. The second-order valence-corrected chi connectivity index (χ2v) is 6.54. The van der Waals surface area contributed by atoms with Crippen molar-refractivity contribution in [1.82, 2.24) is 9.80 Å². The van der Waals surface area contributed by atoms with Crippen molar-refractivity contribution in [1.29, 1.82) is 0 Å². The van der Waals surface area contributed by atoms with E-state index in [2.05, 4.69) is 0 Å². The Bertz CT molecular complexity index is 641. The number of hydrogen-bond acceptors (Lipinski definition) is 5. The van der Waals surface area contributed by atoms with Crippen LogP contribution in [0.1, 0.15) is 24.4 Å². The number of piperidine rings is 1. The number of amides is 1. The maximum Gasteiger partial charge on any atom is 0.509 e. The number of rotatable bonds is 3. The normalized spacial score (nSPS) is 20.8. The Balaban J connectivity index is 1.73. The third-order valence-electron chi connectivity index (χ3n) is 4.69. The quantitative estimate of drug-likeness (QED) is 0.790. The molecule has 2 saturated heterocycles. The number of benzene rings is 1. The van der Waals surface area contributed by atoms with Gasteiger partial charge >= 0.3 is 6.16 Å². The van der Waals surface area contributed by atoms with Gasteiger partial charge in [-0.3, -0.25) is 9.69 Å². The first-order valence-electron chi connectivity index (χ1n) is 7.97. The highest BCUT2D eigenvalue weighted by Crippen LogP contribution is 2.33. The van der Waals surface area contributed by atoms with E-state index in [9.17, 15) is 14.0 Å². The van der Waals surface area contributed by atoms with Crippen molar-refractivity contribution in [3.8, 4) is 0 Å². The van der Waals surface area contributed by atoms with E-state index >= 15 is 0 Å². The minimum atomic E-state index is -0.678. The van der Waals surface area contributed by atoms with Crippen LogP contribution in [0.2, 0.25) is 0 Å². The van der Waals surface area contributed by atoms with Gasteiger partial charge in [-0.05, 0) is 20.2 Å². The third kappa shape index (κ3) is 3.08. The molecule has 1 amide bonds. The van der Waals surface area contributed by atoms with Gasteiger partial charge in [0.2, 0.25) is 5.91 Å². The Morgan fingerprint density at radius 3 is 2.50 bits per heavy atom. The summed E-state index contributed by atoms with van der Waals surface area (Å²) in [7, 11) is 3.51. The van der Waals surface area contributed by atoms with Gasteiger partial charge in [-0.2, -0.15) is 0 Å². The zero-order valence-electron chi connectivity index (χ0n) is 13.8. The summed E-state index contributed by atoms with van der Waals surface area (Å²) in [6.45, 7) is 1.14. The zero-order valence-corrected chi connectivity index (χ0v) is 13.8. The number of ether oxygens (including phenoxy) is 2. The van der Waals surface area contributed by atoms with Crippen molar-refractivity contribution in [2.45, 2.75) is 24.5 Å². The summed E-state index contributed by atoms with van der Waals surface area (Å²) >= 11 is 0. The molecule has 2 aliphatic heterocycles. The minimum absolute atomic E-state index is 0.148. The zero-order chi connectivity index (χ0) is 17.3. The lowest BCUT2D eigenvalue weighted by Gasteiger charge is -2.38. The summed E-state index contributed by atoms with van der Waals surface area (Å²) in [5, 5.41) is 0. The number of likely N-dealkylation sites (tertiary alicyclic amines) is 1. The average Bonchev–Trinajstić information content (AvgIpc) is 2.90. The highest BCUT2D eigenvalue weighted by Gasteiger charge is 2.46. The van der Waals surface area contributed by atoms with Gasteiger partial charge in [-0.25, -0.2) is 9.18 Å². The van der Waals surface area contributed by atoms with E-state index in [1.807, 2.05) is 0 Å². The fourth-order valence-electron chi connectivity index (χ4n) is 3.31. The van der Waals surface area contributed by atoms with Crippen LogP contribution in [-0.4, -0.2) is 61.3 Å². The Morgan fingerprint density at radius 1 is 1.29 bits per heavy atom. The number of cyclic esters (lactones) is 1. The number of carbonyl (C=O) groups is 2. The van der Waals surface area contributed by atoms with Crippen molar-refractivity contribution in [3.63, 3.8) is 0 Å². The molecule has 1 atom stereocenters. The van der Waals surface area contributed by atoms with Crippen LogP contribution in [-0.2, 0) is 14.3 Å². The van der Waals surface area contributed by atoms with Crippen LogP contribution in [0, 0.1) is 5.82 Å². The molecule has 2 heterocycles. The standard InChI is InChI=1S/C17H21FN2O4/c1-19(2)14(12-5-3-4-6-13(12)18)15(21)20-9-7-17(8-10-20)11-23-16(22)24-17/h3-6,14H,7-11H2,1-2H3. The van der Waals surface area contributed by atoms with E-state index in [1.165, 1.54) is 6.07 Å². The highest BCUT2D eigenvalue weighted by molar-refractivity contribution is 5.83. The fourth-order valence-corrected chi connectivity index (χ4v) is 3.31. The van der Waals surface area contributed by atoms with Crippen molar-refractivity contribution in [3.05, 3.63) is 35.6 Å². The van der Waals surface area contributed by atoms with Gasteiger partial charge in [0, 0.05) is 31.5 Å². The van der Waals surface area contributed by atoms with Crippen LogP contribution in [0.4, 0.5) is 9.18 Å². The van der Waals surface area contributed by atoms with Gasteiger partial charge in [0.25, 0.3) is 0 Å². The molecule has 0 saturated carbocycles. The lowest BCUT2D eigenvalue weighted by molar-refractivity contribution is -0.139. The second kappa shape index (κ2) is 6.39. The Hall–Kier alpha value is -2.15. The number of likely N-dealkylation sites (N-methyl/N-ethyl adjacent to an activating group) is 1. The van der Waals surface area contributed by atoms with Gasteiger partial charge in [0.1, 0.15) is 18.5 Å². The molecule has 130 valence electrons. The van der Waals surface area contributed by atoms with E-state index in [4.69, 9.17) is 9.47 Å². The van der Waals surface area contributed by atoms with Crippen molar-refractivity contribution < 1.29 is 23.5 Å². The lowest BCUT2D eigenvalue weighted by Crippen LogP contribution is -2.50. The van der Waals surface area contributed by atoms with Crippen molar-refractivity contribution in [2.75, 3.05) is 33.8 Å². The van der Waals surface area contributed by atoms with Gasteiger partial charge in [0.15, 0.2) is 5.60 Å². The van der Waals surface area contributed by atoms with Crippen molar-refractivity contribution in [2.24, 2.45) is 0 Å². The Morgan fingerprint density at radius 2 is 1.96 bits per heavy atom. The van der Waals surface area contributed by atoms with Crippen LogP contribution >= 0.6 is 0 Å². The average molecular weight is 336 g/mol. The molecule has 1 aromatic carbocycles. The molecule has 0 radical (unpaired) electrons. The Labute approximate surface area is 140 Å². The lowest BCUT2D eigenvalue weighted by atomic mass is 9.91. The van der Waals surface area contributed by atoms with Crippen LogP contribution < -0.4 is 0 Å². The summed E-state index contributed by atoms with van der Waals surface area (Å²) in [6, 6.07) is 5.65. The number of carbonyl (C=O) groups excluding carboxylic acids is 2. The van der Waals surface area contributed by atoms with E-state index in [-0.39, 0.29) is 12.5 Å². The smallest absolute Gasteiger partial charge is 0.430 e. The SMILES string of the molecule is CN(C)C(C(=O)N1CCC2(CC1)COC(=O)O2)c1ccccc1F. The summed E-state index contributed by atoms with van der Waals surface area (Å²) in [6.07, 6.45) is 0.413. The van der Waals surface area contributed by atoms with Gasteiger partial charge in [-0.15, -0.1) is 0 Å². The molecule has 24 heavy (non-hydrogen) atoms. The van der Waals surface area contributed by atoms with Crippen molar-refractivity contribution >= 4 is 12.1 Å². The van der Waals surface area contributed by atoms with Crippen LogP contribution in [0.3, 0.4) is 0 Å². The molecule has 2 aliphatic rings. The maximum absolute atomic E-state index is 14.1. The minimum Gasteiger partial charge on any atom is -0.430 e. The molecular weight excluding hydrogens is 315 g/mol. The molecule has 1 aromatic rings. The van der Waals surface area contributed by atoms with E-state index < -0.39 is 23.6 Å². The predicted molar refractivity (Wildman–Crippen MR) is 83.8 cm³/mol. The van der Waals surface area contributed by atoms with Gasteiger partial charge < -0.3 is 14.4 Å². The van der Waals surface area contributed by atoms with Crippen LogP contribution in [0.5, 0.6) is 0 Å². The molecule has 0 aliphatic carbocycles. The first kappa shape index (κ1) is 16.7. The molecule has 0 aromatic heterocycles. The van der Waals surface area contributed by atoms with E-state index in [0.717, 1.165) is 0 Å². The van der Waals surface area contributed by atoms with E-state index in [1.54, 1.807) is 42.1 Å². The Kier molecular flexibility index (Phi) is 4.45. The second-order valence-electron chi connectivity index (χ2n) is 6.54. The molecule has 2 fully saturated rings. The first-order valence-corrected chi connectivity index (χ1v) is 7.97. The first-order chi connectivity index (χ1) is 11.4. The molecular formula is C17H21FN2O4. The summed E-state index contributed by atoms with van der Waals surface area (Å²) < 4.78 is 24.3. The summed E-state index contributed by atoms with van der Waals surface area (Å²) in [5.74, 6) is -0.540. The van der Waals surface area contributed by atoms with Gasteiger partial charge in [-0.1, -0.05) is 18.2 Å². The topological polar surface area (TPSA) is 59.1 Å². The fraction of sp³-hybridized carbons (Fsp3) is 0.529. The monoisotopic (exact) mass is 336 g/mol. The van der Waals surface area contributed by atoms with Crippen LogP contribution in [0.25, 0.3) is 0 Å². The maximum atomic E-state index is 14.1. The molecule has 0 bridgehead atoms. The summed E-state index contributed by atoms with van der Waals surface area (Å²) in [5.41, 5.74) is -0.247. The molecule has 1 unspecified atom stereocenters. The molecule has 7 heteroatoms.